The van der Waals surface area contributed by atoms with Gasteiger partial charge in [0.2, 0.25) is 0 Å². The van der Waals surface area contributed by atoms with Crippen molar-refractivity contribution in [2.24, 2.45) is 5.73 Å². The zero-order valence-corrected chi connectivity index (χ0v) is 9.26. The Balaban J connectivity index is 3.19. The van der Waals surface area contributed by atoms with Crippen molar-refractivity contribution in [1.29, 1.82) is 0 Å². The van der Waals surface area contributed by atoms with Gasteiger partial charge in [0.15, 0.2) is 0 Å². The van der Waals surface area contributed by atoms with Crippen LogP contribution in [-0.2, 0) is 5.67 Å². The minimum absolute atomic E-state index is 0.496. The second kappa shape index (κ2) is 3.70. The Bertz CT molecular complexity index is 329. The van der Waals surface area contributed by atoms with Crippen molar-refractivity contribution >= 4 is 0 Å². The van der Waals surface area contributed by atoms with E-state index in [0.717, 1.165) is 11.1 Å². The number of rotatable bonds is 2. The third-order valence-corrected chi connectivity index (χ3v) is 2.76. The van der Waals surface area contributed by atoms with Crippen LogP contribution in [0.4, 0.5) is 4.39 Å². The number of hydrogen-bond acceptors (Lipinski definition) is 1. The summed E-state index contributed by atoms with van der Waals surface area (Å²) in [6, 6.07) is 5.23. The maximum Gasteiger partial charge on any atom is 0.148 e. The third kappa shape index (κ3) is 1.95. The second-order valence-corrected chi connectivity index (χ2v) is 4.18. The molecule has 0 aliphatic rings. The highest BCUT2D eigenvalue weighted by Gasteiger charge is 2.31. The summed E-state index contributed by atoms with van der Waals surface area (Å²) in [5, 5.41) is 0. The van der Waals surface area contributed by atoms with Gasteiger partial charge >= 0.3 is 0 Å². The molecule has 0 saturated heterocycles. The SMILES string of the molecule is Cc1ccc(C(C)(F)C(C)N)c(C)c1. The molecule has 78 valence electrons. The van der Waals surface area contributed by atoms with E-state index < -0.39 is 11.7 Å². The van der Waals surface area contributed by atoms with E-state index in [-0.39, 0.29) is 0 Å². The molecule has 0 bridgehead atoms. The van der Waals surface area contributed by atoms with Crippen LogP contribution in [0.15, 0.2) is 18.2 Å². The first-order valence-electron chi connectivity index (χ1n) is 4.88. The van der Waals surface area contributed by atoms with Crippen LogP contribution < -0.4 is 5.73 Å². The molecular formula is C12H18FN. The molecule has 1 aromatic rings. The highest BCUT2D eigenvalue weighted by atomic mass is 19.1. The van der Waals surface area contributed by atoms with Gasteiger partial charge in [-0.3, -0.25) is 0 Å². The van der Waals surface area contributed by atoms with Crippen LogP contribution in [0, 0.1) is 13.8 Å². The fourth-order valence-corrected chi connectivity index (χ4v) is 1.61. The molecule has 1 rings (SSSR count). The van der Waals surface area contributed by atoms with Crippen molar-refractivity contribution in [2.75, 3.05) is 0 Å². The van der Waals surface area contributed by atoms with E-state index in [0.29, 0.717) is 5.56 Å². The highest BCUT2D eigenvalue weighted by molar-refractivity contribution is 5.35. The van der Waals surface area contributed by atoms with Gasteiger partial charge in [-0.05, 0) is 38.8 Å². The van der Waals surface area contributed by atoms with Crippen molar-refractivity contribution in [3.63, 3.8) is 0 Å². The highest BCUT2D eigenvalue weighted by Crippen LogP contribution is 2.31. The van der Waals surface area contributed by atoms with Crippen LogP contribution >= 0.6 is 0 Å². The maximum atomic E-state index is 14.2. The Hall–Kier alpha value is -0.890. The number of benzene rings is 1. The minimum Gasteiger partial charge on any atom is -0.325 e. The van der Waals surface area contributed by atoms with Crippen LogP contribution in [-0.4, -0.2) is 6.04 Å². The fraction of sp³-hybridized carbons (Fsp3) is 0.500. The summed E-state index contributed by atoms with van der Waals surface area (Å²) in [7, 11) is 0. The predicted octanol–water partition coefficient (Wildman–Crippen LogP) is 2.84. The monoisotopic (exact) mass is 195 g/mol. The normalized spacial score (nSPS) is 17.6. The van der Waals surface area contributed by atoms with Crippen LogP contribution in [0.5, 0.6) is 0 Å². The Morgan fingerprint density at radius 3 is 2.36 bits per heavy atom. The summed E-state index contributed by atoms with van der Waals surface area (Å²) in [4.78, 5) is 0. The molecule has 0 aliphatic carbocycles. The van der Waals surface area contributed by atoms with Gasteiger partial charge < -0.3 is 5.73 Å². The lowest BCUT2D eigenvalue weighted by atomic mass is 9.88. The topological polar surface area (TPSA) is 26.0 Å². The number of nitrogens with two attached hydrogens (primary N) is 1. The maximum absolute atomic E-state index is 14.2. The van der Waals surface area contributed by atoms with Crippen molar-refractivity contribution in [2.45, 2.75) is 39.4 Å². The molecular weight excluding hydrogens is 177 g/mol. The van der Waals surface area contributed by atoms with E-state index in [2.05, 4.69) is 0 Å². The van der Waals surface area contributed by atoms with Gasteiger partial charge in [-0.2, -0.15) is 0 Å². The van der Waals surface area contributed by atoms with Gasteiger partial charge in [-0.1, -0.05) is 23.8 Å². The molecule has 1 nitrogen and oxygen atoms in total. The summed E-state index contributed by atoms with van der Waals surface area (Å²) < 4.78 is 14.2. The number of halogens is 1. The number of alkyl halides is 1. The lowest BCUT2D eigenvalue weighted by Crippen LogP contribution is -2.37. The van der Waals surface area contributed by atoms with Gasteiger partial charge in [0.25, 0.3) is 0 Å². The summed E-state index contributed by atoms with van der Waals surface area (Å²) in [5.41, 5.74) is 6.99. The smallest absolute Gasteiger partial charge is 0.148 e. The molecule has 0 heterocycles. The van der Waals surface area contributed by atoms with Gasteiger partial charge in [-0.15, -0.1) is 0 Å². The van der Waals surface area contributed by atoms with E-state index in [1.54, 1.807) is 6.92 Å². The number of aryl methyl sites for hydroxylation is 2. The largest absolute Gasteiger partial charge is 0.325 e. The zero-order valence-electron chi connectivity index (χ0n) is 9.26. The molecule has 0 aliphatic heterocycles. The fourth-order valence-electron chi connectivity index (χ4n) is 1.61. The molecule has 0 fully saturated rings. The Kier molecular flexibility index (Phi) is 2.95. The average Bonchev–Trinajstić information content (AvgIpc) is 2.02. The van der Waals surface area contributed by atoms with Gasteiger partial charge in [0.05, 0.1) is 0 Å². The van der Waals surface area contributed by atoms with Gasteiger partial charge in [0, 0.05) is 6.04 Å². The molecule has 0 saturated carbocycles. The van der Waals surface area contributed by atoms with Crippen LogP contribution in [0.1, 0.15) is 30.5 Å². The Labute approximate surface area is 85.1 Å². The van der Waals surface area contributed by atoms with Gasteiger partial charge in [0.1, 0.15) is 5.67 Å². The summed E-state index contributed by atoms with van der Waals surface area (Å²) >= 11 is 0. The number of hydrogen-bond donors (Lipinski definition) is 1. The van der Waals surface area contributed by atoms with Gasteiger partial charge in [-0.25, -0.2) is 4.39 Å². The zero-order chi connectivity index (χ0) is 10.9. The molecule has 0 amide bonds. The van der Waals surface area contributed by atoms with E-state index in [4.69, 9.17) is 5.73 Å². The summed E-state index contributed by atoms with van der Waals surface area (Å²) in [6.07, 6.45) is 0. The van der Waals surface area contributed by atoms with Crippen molar-refractivity contribution < 1.29 is 4.39 Å². The lowest BCUT2D eigenvalue weighted by Gasteiger charge is -2.26. The standard InChI is InChI=1S/C12H18FN/c1-8-5-6-11(9(2)7-8)12(4,13)10(3)14/h5-7,10H,14H2,1-4H3. The minimum atomic E-state index is -1.45. The first-order chi connectivity index (χ1) is 6.35. The Morgan fingerprint density at radius 2 is 1.93 bits per heavy atom. The molecule has 2 unspecified atom stereocenters. The quantitative estimate of drug-likeness (QED) is 0.771. The van der Waals surface area contributed by atoms with Crippen LogP contribution in [0.2, 0.25) is 0 Å². The first-order valence-corrected chi connectivity index (χ1v) is 4.88. The van der Waals surface area contributed by atoms with E-state index >= 15 is 0 Å². The molecule has 1 aromatic carbocycles. The van der Waals surface area contributed by atoms with Crippen molar-refractivity contribution in [3.8, 4) is 0 Å². The lowest BCUT2D eigenvalue weighted by molar-refractivity contribution is 0.157. The molecule has 2 atom stereocenters. The van der Waals surface area contributed by atoms with Crippen molar-refractivity contribution in [1.82, 2.24) is 0 Å². The van der Waals surface area contributed by atoms with E-state index in [9.17, 15) is 4.39 Å². The van der Waals surface area contributed by atoms with E-state index in [1.807, 2.05) is 32.0 Å². The molecule has 0 spiro atoms. The summed E-state index contributed by atoms with van der Waals surface area (Å²) in [5.74, 6) is 0. The third-order valence-electron chi connectivity index (χ3n) is 2.76. The molecule has 2 heteroatoms. The van der Waals surface area contributed by atoms with Crippen molar-refractivity contribution in [3.05, 3.63) is 34.9 Å². The van der Waals surface area contributed by atoms with E-state index in [1.165, 1.54) is 6.92 Å². The predicted molar refractivity (Wildman–Crippen MR) is 58.0 cm³/mol. The summed E-state index contributed by atoms with van der Waals surface area (Å²) in [6.45, 7) is 7.15. The Morgan fingerprint density at radius 1 is 1.36 bits per heavy atom. The average molecular weight is 195 g/mol. The van der Waals surface area contributed by atoms with Crippen LogP contribution in [0.3, 0.4) is 0 Å². The molecule has 14 heavy (non-hydrogen) atoms. The molecule has 0 radical (unpaired) electrons. The van der Waals surface area contributed by atoms with Crippen LogP contribution in [0.25, 0.3) is 0 Å². The second-order valence-electron chi connectivity index (χ2n) is 4.18. The first kappa shape index (κ1) is 11.2. The molecule has 0 aromatic heterocycles. The molecule has 2 N–H and O–H groups in total.